The standard InChI is InChI=1S/C14H11F2NO3S/c15-10-5-7-11(8-6-10)17-14(18)9-21(19,20)13-4-2-1-3-12(13)16/h1-8H,9H2,(H,17,18). The topological polar surface area (TPSA) is 63.2 Å². The van der Waals surface area contributed by atoms with Crippen molar-refractivity contribution in [3.63, 3.8) is 0 Å². The largest absolute Gasteiger partial charge is 0.325 e. The molecular weight excluding hydrogens is 300 g/mol. The molecule has 0 radical (unpaired) electrons. The van der Waals surface area contributed by atoms with E-state index >= 15 is 0 Å². The van der Waals surface area contributed by atoms with Gasteiger partial charge in [0.25, 0.3) is 0 Å². The number of halogens is 2. The van der Waals surface area contributed by atoms with E-state index < -0.39 is 38.0 Å². The van der Waals surface area contributed by atoms with Crippen LogP contribution in [-0.2, 0) is 14.6 Å². The monoisotopic (exact) mass is 311 g/mol. The Labute approximate surface area is 120 Å². The van der Waals surface area contributed by atoms with Gasteiger partial charge in [0.05, 0.1) is 0 Å². The van der Waals surface area contributed by atoms with Gasteiger partial charge in [-0.3, -0.25) is 4.79 Å². The Balaban J connectivity index is 2.12. The molecule has 0 atom stereocenters. The molecule has 21 heavy (non-hydrogen) atoms. The summed E-state index contributed by atoms with van der Waals surface area (Å²) in [6.07, 6.45) is 0. The minimum atomic E-state index is -4.08. The Morgan fingerprint density at radius 3 is 2.24 bits per heavy atom. The molecule has 0 saturated carbocycles. The summed E-state index contributed by atoms with van der Waals surface area (Å²) in [4.78, 5) is 11.2. The van der Waals surface area contributed by atoms with E-state index in [0.29, 0.717) is 0 Å². The SMILES string of the molecule is O=C(CS(=O)(=O)c1ccccc1F)Nc1ccc(F)cc1. The van der Waals surface area contributed by atoms with Crippen molar-refractivity contribution in [2.24, 2.45) is 0 Å². The van der Waals surface area contributed by atoms with Gasteiger partial charge in [-0.25, -0.2) is 17.2 Å². The summed E-state index contributed by atoms with van der Waals surface area (Å²) >= 11 is 0. The van der Waals surface area contributed by atoms with Crippen LogP contribution in [0, 0.1) is 11.6 Å². The number of hydrogen-bond acceptors (Lipinski definition) is 3. The predicted octanol–water partition coefficient (Wildman–Crippen LogP) is 2.38. The van der Waals surface area contributed by atoms with Crippen molar-refractivity contribution in [2.45, 2.75) is 4.90 Å². The van der Waals surface area contributed by atoms with Gasteiger partial charge in [0.1, 0.15) is 22.3 Å². The molecule has 1 N–H and O–H groups in total. The van der Waals surface area contributed by atoms with Gasteiger partial charge in [-0.1, -0.05) is 12.1 Å². The zero-order valence-electron chi connectivity index (χ0n) is 10.7. The van der Waals surface area contributed by atoms with Crippen LogP contribution < -0.4 is 5.32 Å². The molecule has 0 unspecified atom stereocenters. The number of nitrogens with one attached hydrogen (secondary N) is 1. The van der Waals surface area contributed by atoms with Crippen LogP contribution in [0.3, 0.4) is 0 Å². The first-order valence-electron chi connectivity index (χ1n) is 5.91. The van der Waals surface area contributed by atoms with Crippen LogP contribution in [0.1, 0.15) is 0 Å². The first-order valence-corrected chi connectivity index (χ1v) is 7.56. The summed E-state index contributed by atoms with van der Waals surface area (Å²) in [7, 11) is -4.08. The number of carbonyl (C=O) groups is 1. The van der Waals surface area contributed by atoms with Gasteiger partial charge in [-0.05, 0) is 36.4 Å². The molecule has 0 aliphatic rings. The average molecular weight is 311 g/mol. The molecule has 0 aromatic heterocycles. The van der Waals surface area contributed by atoms with Crippen molar-refractivity contribution in [3.05, 3.63) is 60.2 Å². The Kier molecular flexibility index (Phi) is 4.32. The predicted molar refractivity (Wildman–Crippen MR) is 73.5 cm³/mol. The lowest BCUT2D eigenvalue weighted by Gasteiger charge is -2.07. The first kappa shape index (κ1) is 15.1. The minimum Gasteiger partial charge on any atom is -0.325 e. The number of amides is 1. The second kappa shape index (κ2) is 6.01. The molecule has 110 valence electrons. The first-order chi connectivity index (χ1) is 9.88. The highest BCUT2D eigenvalue weighted by Gasteiger charge is 2.22. The van der Waals surface area contributed by atoms with E-state index in [-0.39, 0.29) is 5.69 Å². The van der Waals surface area contributed by atoms with E-state index in [1.165, 1.54) is 24.3 Å². The van der Waals surface area contributed by atoms with E-state index in [2.05, 4.69) is 5.32 Å². The molecule has 0 bridgehead atoms. The highest BCUT2D eigenvalue weighted by molar-refractivity contribution is 7.92. The molecule has 2 rings (SSSR count). The summed E-state index contributed by atoms with van der Waals surface area (Å²) in [6, 6.07) is 9.66. The summed E-state index contributed by atoms with van der Waals surface area (Å²) in [5.41, 5.74) is 0.255. The zero-order chi connectivity index (χ0) is 15.5. The van der Waals surface area contributed by atoms with Gasteiger partial charge < -0.3 is 5.32 Å². The van der Waals surface area contributed by atoms with Crippen LogP contribution in [0.15, 0.2) is 53.4 Å². The molecule has 2 aromatic carbocycles. The fourth-order valence-corrected chi connectivity index (χ4v) is 2.90. The molecule has 0 spiro atoms. The molecule has 7 heteroatoms. The molecule has 2 aromatic rings. The van der Waals surface area contributed by atoms with Gasteiger partial charge in [0.15, 0.2) is 9.84 Å². The van der Waals surface area contributed by atoms with E-state index in [0.717, 1.165) is 24.3 Å². The maximum absolute atomic E-state index is 13.5. The van der Waals surface area contributed by atoms with Crippen LogP contribution in [0.5, 0.6) is 0 Å². The normalized spacial score (nSPS) is 11.1. The van der Waals surface area contributed by atoms with Gasteiger partial charge in [-0.15, -0.1) is 0 Å². The van der Waals surface area contributed by atoms with Gasteiger partial charge >= 0.3 is 0 Å². The minimum absolute atomic E-state index is 0.255. The third-order valence-corrected chi connectivity index (χ3v) is 4.26. The molecule has 1 amide bonds. The maximum Gasteiger partial charge on any atom is 0.239 e. The third-order valence-electron chi connectivity index (χ3n) is 2.62. The quantitative estimate of drug-likeness (QED) is 0.943. The third kappa shape index (κ3) is 3.85. The van der Waals surface area contributed by atoms with Crippen LogP contribution >= 0.6 is 0 Å². The van der Waals surface area contributed by atoms with Crippen molar-refractivity contribution in [2.75, 3.05) is 11.1 Å². The number of rotatable bonds is 4. The van der Waals surface area contributed by atoms with E-state index in [1.54, 1.807) is 0 Å². The number of benzene rings is 2. The molecule has 0 saturated heterocycles. The smallest absolute Gasteiger partial charge is 0.239 e. The van der Waals surface area contributed by atoms with Crippen LogP contribution in [-0.4, -0.2) is 20.1 Å². The Morgan fingerprint density at radius 1 is 1.00 bits per heavy atom. The maximum atomic E-state index is 13.5. The lowest BCUT2D eigenvalue weighted by Crippen LogP contribution is -2.23. The molecule has 0 aliphatic carbocycles. The van der Waals surface area contributed by atoms with E-state index in [9.17, 15) is 22.0 Å². The van der Waals surface area contributed by atoms with Gasteiger partial charge in [-0.2, -0.15) is 0 Å². The van der Waals surface area contributed by atoms with Crippen molar-refractivity contribution < 1.29 is 22.0 Å². The second-order valence-corrected chi connectivity index (χ2v) is 6.20. The lowest BCUT2D eigenvalue weighted by molar-refractivity contribution is -0.113. The van der Waals surface area contributed by atoms with Crippen LogP contribution in [0.4, 0.5) is 14.5 Å². The second-order valence-electron chi connectivity index (χ2n) is 4.24. The zero-order valence-corrected chi connectivity index (χ0v) is 11.5. The van der Waals surface area contributed by atoms with E-state index in [1.807, 2.05) is 0 Å². The van der Waals surface area contributed by atoms with Crippen LogP contribution in [0.25, 0.3) is 0 Å². The molecule has 0 fully saturated rings. The van der Waals surface area contributed by atoms with Gasteiger partial charge in [0, 0.05) is 5.69 Å². The van der Waals surface area contributed by atoms with Crippen molar-refractivity contribution in [3.8, 4) is 0 Å². The number of hydrogen-bond donors (Lipinski definition) is 1. The van der Waals surface area contributed by atoms with Crippen molar-refractivity contribution in [1.29, 1.82) is 0 Å². The summed E-state index contributed by atoms with van der Waals surface area (Å²) in [5.74, 6) is -3.12. The lowest BCUT2D eigenvalue weighted by atomic mass is 10.3. The number of anilines is 1. The molecular formula is C14H11F2NO3S. The Bertz CT molecular complexity index is 758. The van der Waals surface area contributed by atoms with Crippen molar-refractivity contribution in [1.82, 2.24) is 0 Å². The molecule has 0 heterocycles. The Morgan fingerprint density at radius 2 is 1.62 bits per heavy atom. The highest BCUT2D eigenvalue weighted by atomic mass is 32.2. The average Bonchev–Trinajstić information content (AvgIpc) is 2.41. The number of sulfone groups is 1. The van der Waals surface area contributed by atoms with Crippen LogP contribution in [0.2, 0.25) is 0 Å². The summed E-state index contributed by atoms with van der Waals surface area (Å²) < 4.78 is 50.1. The summed E-state index contributed by atoms with van der Waals surface area (Å²) in [5, 5.41) is 2.31. The summed E-state index contributed by atoms with van der Waals surface area (Å²) in [6.45, 7) is 0. The van der Waals surface area contributed by atoms with E-state index in [4.69, 9.17) is 0 Å². The highest BCUT2D eigenvalue weighted by Crippen LogP contribution is 2.16. The fraction of sp³-hybridized carbons (Fsp3) is 0.0714. The Hall–Kier alpha value is -2.28. The van der Waals surface area contributed by atoms with Crippen molar-refractivity contribution >= 4 is 21.4 Å². The fourth-order valence-electron chi connectivity index (χ4n) is 1.68. The number of carbonyl (C=O) groups excluding carboxylic acids is 1. The van der Waals surface area contributed by atoms with Gasteiger partial charge in [0.2, 0.25) is 5.91 Å². The molecule has 4 nitrogen and oxygen atoms in total. The molecule has 0 aliphatic heterocycles.